The van der Waals surface area contributed by atoms with E-state index in [0.717, 1.165) is 22.3 Å². The van der Waals surface area contributed by atoms with Crippen LogP contribution in [0.2, 0.25) is 0 Å². The van der Waals surface area contributed by atoms with Crippen molar-refractivity contribution < 1.29 is 85.1 Å². The summed E-state index contributed by atoms with van der Waals surface area (Å²) < 4.78 is 68.6. The van der Waals surface area contributed by atoms with Crippen LogP contribution in [-0.2, 0) is 20.2 Å². The maximum absolute atomic E-state index is 11.4. The van der Waals surface area contributed by atoms with Gasteiger partial charge in [0.15, 0.2) is 0 Å². The fourth-order valence-corrected chi connectivity index (χ4v) is 4.98. The van der Waals surface area contributed by atoms with Gasteiger partial charge in [-0.15, -0.1) is 0 Å². The molecule has 0 bridgehead atoms. The van der Waals surface area contributed by atoms with Gasteiger partial charge in [0, 0.05) is 0 Å². The Bertz CT molecular complexity index is 1530. The minimum Gasteiger partial charge on any atom is -0.744 e. The third-order valence-electron chi connectivity index (χ3n) is 5.44. The van der Waals surface area contributed by atoms with Crippen molar-refractivity contribution in [2.75, 3.05) is 0 Å². The Morgan fingerprint density at radius 2 is 0.763 bits per heavy atom. The van der Waals surface area contributed by atoms with Crippen molar-refractivity contribution in [2.45, 2.75) is 9.79 Å². The SMILES string of the molecule is O=S(=O)([O-])c1ccccc1/C=C\c1ccc(-c2ccc(/C=C/c3ccccc3S(=O)(=O)[O-])cc2)cc1.[Na+].[Na+]. The fraction of sp³-hybridized carbons (Fsp3) is 0. The molecule has 0 aromatic heterocycles. The fourth-order valence-electron chi connectivity index (χ4n) is 3.64. The summed E-state index contributed by atoms with van der Waals surface area (Å²) in [5, 5.41) is 0. The first-order chi connectivity index (χ1) is 17.1. The van der Waals surface area contributed by atoms with Gasteiger partial charge in [0.25, 0.3) is 0 Å². The number of rotatable bonds is 7. The quantitative estimate of drug-likeness (QED) is 0.171. The van der Waals surface area contributed by atoms with Crippen molar-refractivity contribution in [1.82, 2.24) is 0 Å². The van der Waals surface area contributed by atoms with Crippen LogP contribution >= 0.6 is 0 Å². The maximum atomic E-state index is 11.4. The average molecular weight is 563 g/mol. The van der Waals surface area contributed by atoms with E-state index in [-0.39, 0.29) is 68.9 Å². The Morgan fingerprint density at radius 3 is 1.08 bits per heavy atom. The van der Waals surface area contributed by atoms with Crippen molar-refractivity contribution in [3.63, 3.8) is 0 Å². The summed E-state index contributed by atoms with van der Waals surface area (Å²) in [5.74, 6) is 0. The smallest absolute Gasteiger partial charge is 0.744 e. The largest absolute Gasteiger partial charge is 1.00 e. The van der Waals surface area contributed by atoms with Crippen molar-refractivity contribution in [3.05, 3.63) is 119 Å². The van der Waals surface area contributed by atoms with E-state index in [0.29, 0.717) is 11.1 Å². The molecule has 0 spiro atoms. The van der Waals surface area contributed by atoms with Crippen LogP contribution in [0.3, 0.4) is 0 Å². The zero-order chi connectivity index (χ0) is 25.8. The van der Waals surface area contributed by atoms with Crippen LogP contribution in [0.4, 0.5) is 0 Å². The minimum absolute atomic E-state index is 0. The molecular weight excluding hydrogens is 542 g/mol. The topological polar surface area (TPSA) is 114 Å². The van der Waals surface area contributed by atoms with Gasteiger partial charge in [-0.2, -0.15) is 0 Å². The molecule has 0 N–H and O–H groups in total. The van der Waals surface area contributed by atoms with E-state index in [2.05, 4.69) is 0 Å². The molecule has 0 aliphatic rings. The van der Waals surface area contributed by atoms with E-state index in [1.807, 2.05) is 48.5 Å². The summed E-state index contributed by atoms with van der Waals surface area (Å²) in [7, 11) is -9.12. The second kappa shape index (κ2) is 14.0. The first-order valence-electron chi connectivity index (χ1n) is 10.8. The molecule has 0 saturated heterocycles. The normalized spacial score (nSPS) is 11.7. The van der Waals surface area contributed by atoms with Crippen LogP contribution in [0.5, 0.6) is 0 Å². The zero-order valence-corrected chi connectivity index (χ0v) is 26.4. The minimum atomic E-state index is -4.56. The summed E-state index contributed by atoms with van der Waals surface area (Å²) in [6.45, 7) is 0. The van der Waals surface area contributed by atoms with Crippen LogP contribution in [0.15, 0.2) is 107 Å². The second-order valence-corrected chi connectivity index (χ2v) is 10.6. The molecule has 4 aromatic carbocycles. The Hall–Kier alpha value is -1.82. The monoisotopic (exact) mass is 562 g/mol. The molecule has 0 radical (unpaired) electrons. The Balaban J connectivity index is 0.00000253. The van der Waals surface area contributed by atoms with Crippen LogP contribution in [-0.4, -0.2) is 25.9 Å². The molecule has 182 valence electrons. The van der Waals surface area contributed by atoms with Gasteiger partial charge in [-0.1, -0.05) is 109 Å². The van der Waals surface area contributed by atoms with Gasteiger partial charge in [-0.25, -0.2) is 16.8 Å². The molecular formula is C28H20Na2O6S2. The van der Waals surface area contributed by atoms with Crippen LogP contribution in [0.1, 0.15) is 22.3 Å². The summed E-state index contributed by atoms with van der Waals surface area (Å²) in [6, 6.07) is 27.3. The first kappa shape index (κ1) is 32.4. The predicted octanol–water partition coefficient (Wildman–Crippen LogP) is -0.489. The molecule has 0 amide bonds. The van der Waals surface area contributed by atoms with E-state index in [9.17, 15) is 25.9 Å². The van der Waals surface area contributed by atoms with Gasteiger partial charge in [0.1, 0.15) is 20.2 Å². The average Bonchev–Trinajstić information content (AvgIpc) is 2.86. The van der Waals surface area contributed by atoms with Gasteiger partial charge in [0.05, 0.1) is 9.79 Å². The van der Waals surface area contributed by atoms with Crippen molar-refractivity contribution in [2.24, 2.45) is 0 Å². The summed E-state index contributed by atoms with van der Waals surface area (Å²) in [6.07, 6.45) is 6.66. The van der Waals surface area contributed by atoms with E-state index in [4.69, 9.17) is 0 Å². The Labute approximate surface area is 267 Å². The van der Waals surface area contributed by atoms with Crippen LogP contribution in [0.25, 0.3) is 35.4 Å². The van der Waals surface area contributed by atoms with Gasteiger partial charge in [0.2, 0.25) is 0 Å². The molecule has 0 aliphatic carbocycles. The molecule has 6 nitrogen and oxygen atoms in total. The van der Waals surface area contributed by atoms with Crippen molar-refractivity contribution in [3.8, 4) is 11.1 Å². The molecule has 38 heavy (non-hydrogen) atoms. The summed E-state index contributed by atoms with van der Waals surface area (Å²) in [5.41, 5.74) is 4.26. The van der Waals surface area contributed by atoms with E-state index in [1.165, 1.54) is 24.3 Å². The van der Waals surface area contributed by atoms with Crippen LogP contribution in [0, 0.1) is 0 Å². The maximum Gasteiger partial charge on any atom is 1.00 e. The molecule has 10 heteroatoms. The van der Waals surface area contributed by atoms with Crippen LogP contribution < -0.4 is 59.1 Å². The van der Waals surface area contributed by atoms with Crippen molar-refractivity contribution in [1.29, 1.82) is 0 Å². The molecule has 0 aliphatic heterocycles. The third-order valence-corrected chi connectivity index (χ3v) is 7.26. The molecule has 0 heterocycles. The Morgan fingerprint density at radius 1 is 0.447 bits per heavy atom. The molecule has 0 unspecified atom stereocenters. The number of benzene rings is 4. The summed E-state index contributed by atoms with van der Waals surface area (Å²) in [4.78, 5) is -0.518. The zero-order valence-electron chi connectivity index (χ0n) is 20.8. The van der Waals surface area contributed by atoms with Gasteiger partial charge >= 0.3 is 59.1 Å². The first-order valence-corrected chi connectivity index (χ1v) is 13.6. The molecule has 0 fully saturated rings. The second-order valence-electron chi connectivity index (χ2n) is 7.89. The third kappa shape index (κ3) is 8.59. The number of hydrogen-bond donors (Lipinski definition) is 0. The van der Waals surface area contributed by atoms with E-state index >= 15 is 0 Å². The molecule has 0 atom stereocenters. The van der Waals surface area contributed by atoms with E-state index in [1.54, 1.807) is 48.6 Å². The molecule has 4 aromatic rings. The van der Waals surface area contributed by atoms with Gasteiger partial charge < -0.3 is 9.11 Å². The van der Waals surface area contributed by atoms with Gasteiger partial charge in [-0.3, -0.25) is 0 Å². The number of hydrogen-bond acceptors (Lipinski definition) is 6. The standard InChI is InChI=1S/C28H22O6S2.2Na/c29-35(30,31)27-7-3-1-5-25(27)19-13-21-9-15-23(16-10-21)24-17-11-22(12-18-24)14-20-26-6-2-4-8-28(26)36(32,33)34;;/h1-20H,(H,29,30,31)(H,32,33,34);;/q;2*+1/p-2/b19-13-,20-14+;;. The van der Waals surface area contributed by atoms with E-state index < -0.39 is 20.2 Å². The van der Waals surface area contributed by atoms with Gasteiger partial charge in [-0.05, 0) is 45.5 Å². The Kier molecular flexibility index (Phi) is 11.9. The van der Waals surface area contributed by atoms with Crippen molar-refractivity contribution >= 4 is 44.5 Å². The summed E-state index contributed by atoms with van der Waals surface area (Å²) >= 11 is 0. The molecule has 4 rings (SSSR count). The molecule has 0 saturated carbocycles. The predicted molar refractivity (Wildman–Crippen MR) is 139 cm³/mol.